The maximum Gasteiger partial charge on any atom is 0.472 e. The number of unbranched alkanes of at least 4 members (excludes halogenated alkanes) is 7. The monoisotopic (exact) mass is 760 g/mol. The maximum atomic E-state index is 12.8. The van der Waals surface area contributed by atoms with Crippen molar-refractivity contribution in [3.63, 3.8) is 0 Å². The quantitative estimate of drug-likeness (QED) is 0.0261. The first-order valence-electron chi connectivity index (χ1n) is 20.1. The number of carbonyl (C=O) groups is 1. The highest BCUT2D eigenvalue weighted by atomic mass is 31.2. The molecule has 302 valence electrons. The number of nitrogens with one attached hydrogen (secondary N) is 1. The van der Waals surface area contributed by atoms with Gasteiger partial charge in [0.2, 0.25) is 5.91 Å². The first-order valence-corrected chi connectivity index (χ1v) is 21.6. The summed E-state index contributed by atoms with van der Waals surface area (Å²) in [5.74, 6) is -0.276. The molecular weight excluding hydrogens is 683 g/mol. The number of quaternary nitrogens is 1. The van der Waals surface area contributed by atoms with Gasteiger partial charge in [-0.1, -0.05) is 143 Å². The minimum absolute atomic E-state index is 0.0368. The lowest BCUT2D eigenvalue weighted by molar-refractivity contribution is -0.870. The van der Waals surface area contributed by atoms with Crippen LogP contribution in [0, 0.1) is 0 Å². The molecule has 0 aliphatic heterocycles. The van der Waals surface area contributed by atoms with E-state index in [0.717, 1.165) is 57.8 Å². The number of amides is 1. The van der Waals surface area contributed by atoms with Crippen molar-refractivity contribution in [3.05, 3.63) is 97.2 Å². The highest BCUT2D eigenvalue weighted by Gasteiger charge is 2.27. The van der Waals surface area contributed by atoms with Gasteiger partial charge < -0.3 is 19.8 Å². The summed E-state index contributed by atoms with van der Waals surface area (Å²) in [5.41, 5.74) is 0. The minimum atomic E-state index is -4.37. The van der Waals surface area contributed by atoms with Crippen LogP contribution in [0.5, 0.6) is 0 Å². The van der Waals surface area contributed by atoms with Gasteiger partial charge >= 0.3 is 7.82 Å². The molecule has 3 unspecified atom stereocenters. The third-order valence-corrected chi connectivity index (χ3v) is 9.04. The van der Waals surface area contributed by atoms with Crippen LogP contribution in [0.4, 0.5) is 0 Å². The van der Waals surface area contributed by atoms with E-state index >= 15 is 0 Å². The van der Waals surface area contributed by atoms with Gasteiger partial charge in [-0.25, -0.2) is 4.57 Å². The van der Waals surface area contributed by atoms with E-state index in [4.69, 9.17) is 9.05 Å². The smallest absolute Gasteiger partial charge is 0.387 e. The molecule has 0 bridgehead atoms. The van der Waals surface area contributed by atoms with Gasteiger partial charge in [-0.15, -0.1) is 0 Å². The number of allylic oxidation sites excluding steroid dienone is 15. The van der Waals surface area contributed by atoms with Gasteiger partial charge in [-0.05, 0) is 70.6 Å². The molecule has 0 aromatic carbocycles. The van der Waals surface area contributed by atoms with E-state index < -0.39 is 20.0 Å². The van der Waals surface area contributed by atoms with Gasteiger partial charge in [-0.3, -0.25) is 13.8 Å². The Balaban J connectivity index is 4.69. The molecule has 8 nitrogen and oxygen atoms in total. The van der Waals surface area contributed by atoms with Crippen molar-refractivity contribution < 1.29 is 32.9 Å². The Morgan fingerprint density at radius 3 is 1.72 bits per heavy atom. The molecule has 0 spiro atoms. The molecule has 0 heterocycles. The zero-order valence-corrected chi connectivity index (χ0v) is 34.9. The number of aliphatic hydroxyl groups is 1. The van der Waals surface area contributed by atoms with Crippen LogP contribution in [0.1, 0.15) is 123 Å². The minimum Gasteiger partial charge on any atom is -0.387 e. The predicted molar refractivity (Wildman–Crippen MR) is 226 cm³/mol. The van der Waals surface area contributed by atoms with E-state index in [9.17, 15) is 19.4 Å². The molecular formula is C44H76N2O6P+. The summed E-state index contributed by atoms with van der Waals surface area (Å²) < 4.78 is 23.4. The zero-order valence-electron chi connectivity index (χ0n) is 34.0. The lowest BCUT2D eigenvalue weighted by Gasteiger charge is -2.25. The average Bonchev–Trinajstić information content (AvgIpc) is 3.10. The number of carbonyl (C=O) groups excluding carboxylic acids is 1. The number of hydrogen-bond donors (Lipinski definition) is 3. The number of hydrogen-bond acceptors (Lipinski definition) is 5. The van der Waals surface area contributed by atoms with E-state index in [0.29, 0.717) is 17.4 Å². The molecule has 0 aromatic heterocycles. The molecule has 0 aliphatic rings. The Morgan fingerprint density at radius 1 is 0.660 bits per heavy atom. The summed E-state index contributed by atoms with van der Waals surface area (Å²) in [6.07, 6.45) is 49.2. The molecule has 0 fully saturated rings. The van der Waals surface area contributed by atoms with Crippen molar-refractivity contribution >= 4 is 13.7 Å². The van der Waals surface area contributed by atoms with E-state index in [1.807, 2.05) is 39.4 Å². The molecule has 53 heavy (non-hydrogen) atoms. The largest absolute Gasteiger partial charge is 0.472 e. The molecule has 3 atom stereocenters. The first-order chi connectivity index (χ1) is 25.5. The van der Waals surface area contributed by atoms with Crippen LogP contribution in [-0.4, -0.2) is 73.4 Å². The molecule has 1 amide bonds. The van der Waals surface area contributed by atoms with Crippen molar-refractivity contribution in [2.24, 2.45) is 0 Å². The van der Waals surface area contributed by atoms with E-state index in [-0.39, 0.29) is 25.5 Å². The molecule has 9 heteroatoms. The zero-order chi connectivity index (χ0) is 39.3. The second-order valence-corrected chi connectivity index (χ2v) is 15.7. The second kappa shape index (κ2) is 35.1. The van der Waals surface area contributed by atoms with Crippen LogP contribution in [0.15, 0.2) is 97.2 Å². The van der Waals surface area contributed by atoms with Gasteiger partial charge in [0.1, 0.15) is 13.2 Å². The third kappa shape index (κ3) is 37.5. The van der Waals surface area contributed by atoms with Gasteiger partial charge in [0.15, 0.2) is 0 Å². The van der Waals surface area contributed by atoms with Crippen molar-refractivity contribution in [2.75, 3.05) is 40.9 Å². The number of aliphatic hydroxyl groups excluding tert-OH is 1. The van der Waals surface area contributed by atoms with Crippen LogP contribution in [0.3, 0.4) is 0 Å². The predicted octanol–water partition coefficient (Wildman–Crippen LogP) is 10.8. The standard InChI is InChI=1S/C44H75N2O6P/c1-6-8-10-12-14-16-18-20-21-22-23-24-25-26-28-30-32-34-36-38-44(48)45-42(41-52-53(49,50)51-40-39-46(3,4)5)43(47)37-35-33-31-29-27-19-17-15-13-11-9-7-2/h8,10,14,16,20-21,23-24,26-29,32,34-35,37,42-43,47H,6-7,9,11-13,15,17-19,22,25,30-31,33,36,38-41H2,1-5H3,(H-,45,48,49,50)/p+1/b10-8-,16-14-,21-20-,24-23-,28-26-,29-27+,34-32-,37-35+. The van der Waals surface area contributed by atoms with Crippen LogP contribution >= 0.6 is 7.82 Å². The number of rotatable bonds is 34. The highest BCUT2D eigenvalue weighted by molar-refractivity contribution is 7.47. The fourth-order valence-electron chi connectivity index (χ4n) is 4.84. The number of phosphoric ester groups is 1. The number of phosphoric acid groups is 1. The summed E-state index contributed by atoms with van der Waals surface area (Å²) in [5, 5.41) is 13.7. The maximum absolute atomic E-state index is 12.8. The van der Waals surface area contributed by atoms with Gasteiger partial charge in [0, 0.05) is 6.42 Å². The van der Waals surface area contributed by atoms with Crippen LogP contribution in [0.25, 0.3) is 0 Å². The van der Waals surface area contributed by atoms with Crippen molar-refractivity contribution in [2.45, 2.75) is 135 Å². The second-order valence-electron chi connectivity index (χ2n) is 14.3. The van der Waals surface area contributed by atoms with E-state index in [2.05, 4.69) is 92.1 Å². The average molecular weight is 760 g/mol. The van der Waals surface area contributed by atoms with Gasteiger partial charge in [-0.2, -0.15) is 0 Å². The van der Waals surface area contributed by atoms with E-state index in [1.165, 1.54) is 38.5 Å². The Bertz CT molecular complexity index is 1180. The highest BCUT2D eigenvalue weighted by Crippen LogP contribution is 2.43. The summed E-state index contributed by atoms with van der Waals surface area (Å²) >= 11 is 0. The van der Waals surface area contributed by atoms with E-state index in [1.54, 1.807) is 6.08 Å². The van der Waals surface area contributed by atoms with Crippen LogP contribution in [-0.2, 0) is 18.4 Å². The lowest BCUT2D eigenvalue weighted by Crippen LogP contribution is -2.45. The molecule has 0 saturated heterocycles. The topological polar surface area (TPSA) is 105 Å². The van der Waals surface area contributed by atoms with Gasteiger partial charge in [0.25, 0.3) is 0 Å². The van der Waals surface area contributed by atoms with Gasteiger partial charge in [0.05, 0.1) is 39.9 Å². The van der Waals surface area contributed by atoms with Crippen molar-refractivity contribution in [1.29, 1.82) is 0 Å². The normalized spacial score (nSPS) is 15.5. The summed E-state index contributed by atoms with van der Waals surface area (Å²) in [6.45, 7) is 4.56. The third-order valence-electron chi connectivity index (χ3n) is 8.05. The summed E-state index contributed by atoms with van der Waals surface area (Å²) in [6, 6.07) is -0.908. The molecule has 0 radical (unpaired) electrons. The SMILES string of the molecule is CC/C=C\C/C=C\C/C=C\C/C=C\C/C=C\C/C=C\CCC(=O)NC(COP(=O)(O)OCC[N+](C)(C)C)C(O)/C=C/CC/C=C/CCCCCCCC. The Hall–Kier alpha value is -2.58. The lowest BCUT2D eigenvalue weighted by atomic mass is 10.1. The fourth-order valence-corrected chi connectivity index (χ4v) is 5.58. The molecule has 3 N–H and O–H groups in total. The molecule has 0 rings (SSSR count). The Labute approximate surface area is 324 Å². The Morgan fingerprint density at radius 2 is 1.15 bits per heavy atom. The molecule has 0 aliphatic carbocycles. The van der Waals surface area contributed by atoms with Crippen molar-refractivity contribution in [1.82, 2.24) is 5.32 Å². The molecule has 0 aromatic rings. The summed E-state index contributed by atoms with van der Waals surface area (Å²) in [7, 11) is 1.49. The van der Waals surface area contributed by atoms with Crippen LogP contribution < -0.4 is 5.32 Å². The fraction of sp³-hybridized carbons (Fsp3) is 0.614. The molecule has 0 saturated carbocycles. The number of nitrogens with zero attached hydrogens (tertiary/aromatic N) is 1. The van der Waals surface area contributed by atoms with Crippen LogP contribution in [0.2, 0.25) is 0 Å². The number of likely N-dealkylation sites (N-methyl/N-ethyl adjacent to an activating group) is 1. The Kier molecular flexibility index (Phi) is 33.4. The van der Waals surface area contributed by atoms with Crippen molar-refractivity contribution in [3.8, 4) is 0 Å². The summed E-state index contributed by atoms with van der Waals surface area (Å²) in [4.78, 5) is 23.0. The first kappa shape index (κ1) is 50.4.